The van der Waals surface area contributed by atoms with Gasteiger partial charge in [0.1, 0.15) is 11.2 Å². The lowest BCUT2D eigenvalue weighted by Gasteiger charge is -2.23. The normalized spacial score (nSPS) is 11.1. The van der Waals surface area contributed by atoms with Crippen LogP contribution in [0.2, 0.25) is 5.02 Å². The standard InChI is InChI=1S/C17H25ClN2O4/c1-11-9-13(14(24-5)10-12(11)18)20-16(22)17(2,3)15(21)19-7-6-8-23-4/h9-10H,6-8H2,1-5H3,(H,19,21)(H,20,22). The van der Waals surface area contributed by atoms with Crippen molar-refractivity contribution >= 4 is 29.1 Å². The van der Waals surface area contributed by atoms with Crippen LogP contribution in [0.25, 0.3) is 0 Å². The van der Waals surface area contributed by atoms with Gasteiger partial charge in [0.15, 0.2) is 0 Å². The Balaban J connectivity index is 2.82. The molecule has 2 amide bonds. The molecule has 24 heavy (non-hydrogen) atoms. The average molecular weight is 357 g/mol. The molecule has 0 saturated carbocycles. The number of carbonyl (C=O) groups is 2. The summed E-state index contributed by atoms with van der Waals surface area (Å²) in [7, 11) is 3.09. The van der Waals surface area contributed by atoms with E-state index in [4.69, 9.17) is 21.1 Å². The first-order valence-electron chi connectivity index (χ1n) is 7.66. The largest absolute Gasteiger partial charge is 0.495 e. The van der Waals surface area contributed by atoms with Crippen LogP contribution in [0.1, 0.15) is 25.8 Å². The second-order valence-electron chi connectivity index (χ2n) is 5.98. The highest BCUT2D eigenvalue weighted by molar-refractivity contribution is 6.31. The lowest BCUT2D eigenvalue weighted by molar-refractivity contribution is -0.138. The number of amides is 2. The summed E-state index contributed by atoms with van der Waals surface area (Å²) in [4.78, 5) is 24.8. The Kier molecular flexibility index (Phi) is 7.51. The molecule has 0 aliphatic heterocycles. The van der Waals surface area contributed by atoms with Crippen molar-refractivity contribution in [3.8, 4) is 5.75 Å². The van der Waals surface area contributed by atoms with E-state index in [0.717, 1.165) is 5.56 Å². The first-order valence-corrected chi connectivity index (χ1v) is 8.04. The lowest BCUT2D eigenvalue weighted by Crippen LogP contribution is -2.45. The molecular formula is C17H25ClN2O4. The average Bonchev–Trinajstić information content (AvgIpc) is 2.54. The predicted octanol–water partition coefficient (Wildman–Crippen LogP) is 2.77. The van der Waals surface area contributed by atoms with Crippen LogP contribution in [0.4, 0.5) is 5.69 Å². The van der Waals surface area contributed by atoms with Gasteiger partial charge in [-0.15, -0.1) is 0 Å². The third-order valence-corrected chi connectivity index (χ3v) is 4.08. The maximum Gasteiger partial charge on any atom is 0.239 e. The molecule has 0 saturated heterocycles. The topological polar surface area (TPSA) is 76.7 Å². The maximum atomic E-state index is 12.5. The molecule has 0 spiro atoms. The Hall–Kier alpha value is -1.79. The fraction of sp³-hybridized carbons (Fsp3) is 0.529. The fourth-order valence-electron chi connectivity index (χ4n) is 1.95. The molecule has 6 nitrogen and oxygen atoms in total. The number of methoxy groups -OCH3 is 2. The molecule has 2 N–H and O–H groups in total. The zero-order chi connectivity index (χ0) is 18.3. The van der Waals surface area contributed by atoms with Crippen LogP contribution in [0.3, 0.4) is 0 Å². The Morgan fingerprint density at radius 3 is 2.46 bits per heavy atom. The summed E-state index contributed by atoms with van der Waals surface area (Å²) in [5.41, 5.74) is 0.0465. The summed E-state index contributed by atoms with van der Waals surface area (Å²) in [6.07, 6.45) is 0.685. The van der Waals surface area contributed by atoms with Crippen molar-refractivity contribution in [2.24, 2.45) is 5.41 Å². The third-order valence-electron chi connectivity index (χ3n) is 3.68. The quantitative estimate of drug-likeness (QED) is 0.554. The van der Waals surface area contributed by atoms with Crippen molar-refractivity contribution in [3.63, 3.8) is 0 Å². The Labute approximate surface area is 147 Å². The number of anilines is 1. The molecule has 1 aromatic rings. The fourth-order valence-corrected chi connectivity index (χ4v) is 2.10. The number of nitrogens with one attached hydrogen (secondary N) is 2. The van der Waals surface area contributed by atoms with Crippen molar-refractivity contribution in [2.45, 2.75) is 27.2 Å². The smallest absolute Gasteiger partial charge is 0.239 e. The van der Waals surface area contributed by atoms with Crippen LogP contribution in [-0.2, 0) is 14.3 Å². The number of aryl methyl sites for hydroxylation is 1. The van der Waals surface area contributed by atoms with Gasteiger partial charge in [-0.2, -0.15) is 0 Å². The van der Waals surface area contributed by atoms with Crippen LogP contribution in [-0.4, -0.2) is 39.2 Å². The molecule has 0 fully saturated rings. The molecule has 7 heteroatoms. The van der Waals surface area contributed by atoms with E-state index in [2.05, 4.69) is 10.6 Å². The maximum absolute atomic E-state index is 12.5. The minimum Gasteiger partial charge on any atom is -0.495 e. The molecule has 0 atom stereocenters. The number of hydrogen-bond acceptors (Lipinski definition) is 4. The van der Waals surface area contributed by atoms with E-state index in [1.54, 1.807) is 33.1 Å². The summed E-state index contributed by atoms with van der Waals surface area (Å²) in [6.45, 7) is 5.97. The van der Waals surface area contributed by atoms with Gasteiger partial charge in [-0.05, 0) is 38.8 Å². The molecule has 0 radical (unpaired) electrons. The lowest BCUT2D eigenvalue weighted by atomic mass is 9.90. The van der Waals surface area contributed by atoms with Gasteiger partial charge in [0, 0.05) is 31.4 Å². The van der Waals surface area contributed by atoms with Crippen LogP contribution in [0.15, 0.2) is 12.1 Å². The van der Waals surface area contributed by atoms with Crippen molar-refractivity contribution < 1.29 is 19.1 Å². The molecule has 0 aromatic heterocycles. The molecule has 134 valence electrons. The molecular weight excluding hydrogens is 332 g/mol. The first kappa shape index (κ1) is 20.3. The second-order valence-corrected chi connectivity index (χ2v) is 6.39. The molecule has 0 bridgehead atoms. The van der Waals surface area contributed by atoms with Gasteiger partial charge < -0.3 is 20.1 Å². The van der Waals surface area contributed by atoms with Gasteiger partial charge >= 0.3 is 0 Å². The SMILES string of the molecule is COCCCNC(=O)C(C)(C)C(=O)Nc1cc(C)c(Cl)cc1OC. The van der Waals surface area contributed by atoms with E-state index in [1.165, 1.54) is 7.11 Å². The van der Waals surface area contributed by atoms with Crippen molar-refractivity contribution in [1.82, 2.24) is 5.32 Å². The summed E-state index contributed by atoms with van der Waals surface area (Å²) < 4.78 is 10.2. The van der Waals surface area contributed by atoms with E-state index in [-0.39, 0.29) is 5.91 Å². The summed E-state index contributed by atoms with van der Waals surface area (Å²) in [6, 6.07) is 3.34. The Bertz CT molecular complexity index is 602. The zero-order valence-corrected chi connectivity index (χ0v) is 15.5. The molecule has 0 unspecified atom stereocenters. The highest BCUT2D eigenvalue weighted by atomic mass is 35.5. The number of hydrogen-bond donors (Lipinski definition) is 2. The highest BCUT2D eigenvalue weighted by Crippen LogP contribution is 2.32. The van der Waals surface area contributed by atoms with Gasteiger partial charge in [0.05, 0.1) is 12.8 Å². The highest BCUT2D eigenvalue weighted by Gasteiger charge is 2.36. The molecule has 0 aliphatic rings. The number of rotatable bonds is 8. The summed E-state index contributed by atoms with van der Waals surface area (Å²) in [5, 5.41) is 6.03. The summed E-state index contributed by atoms with van der Waals surface area (Å²) in [5.74, 6) is -0.331. The molecule has 1 aromatic carbocycles. The van der Waals surface area contributed by atoms with E-state index in [9.17, 15) is 9.59 Å². The monoisotopic (exact) mass is 356 g/mol. The first-order chi connectivity index (χ1) is 11.2. The van der Waals surface area contributed by atoms with Gasteiger partial charge in [0.2, 0.25) is 11.8 Å². The Morgan fingerprint density at radius 2 is 1.88 bits per heavy atom. The van der Waals surface area contributed by atoms with Crippen LogP contribution in [0.5, 0.6) is 5.75 Å². The van der Waals surface area contributed by atoms with E-state index < -0.39 is 11.3 Å². The Morgan fingerprint density at radius 1 is 1.21 bits per heavy atom. The summed E-state index contributed by atoms with van der Waals surface area (Å²) >= 11 is 6.06. The van der Waals surface area contributed by atoms with E-state index in [0.29, 0.717) is 36.0 Å². The number of benzene rings is 1. The van der Waals surface area contributed by atoms with E-state index in [1.807, 2.05) is 6.92 Å². The third kappa shape index (κ3) is 5.11. The minimum absolute atomic E-state index is 0.347. The zero-order valence-electron chi connectivity index (χ0n) is 14.8. The second kappa shape index (κ2) is 8.89. The van der Waals surface area contributed by atoms with E-state index >= 15 is 0 Å². The van der Waals surface area contributed by atoms with Gasteiger partial charge in [-0.1, -0.05) is 11.6 Å². The van der Waals surface area contributed by atoms with Gasteiger partial charge in [-0.3, -0.25) is 9.59 Å². The van der Waals surface area contributed by atoms with Crippen LogP contribution >= 0.6 is 11.6 Å². The van der Waals surface area contributed by atoms with Gasteiger partial charge in [0.25, 0.3) is 0 Å². The van der Waals surface area contributed by atoms with Crippen LogP contribution < -0.4 is 15.4 Å². The number of carbonyl (C=O) groups excluding carboxylic acids is 2. The molecule has 0 heterocycles. The minimum atomic E-state index is -1.23. The molecule has 1 rings (SSSR count). The molecule has 0 aliphatic carbocycles. The number of halogens is 1. The van der Waals surface area contributed by atoms with Crippen molar-refractivity contribution in [3.05, 3.63) is 22.7 Å². The predicted molar refractivity (Wildman–Crippen MR) is 94.7 cm³/mol. The van der Waals surface area contributed by atoms with Crippen molar-refractivity contribution in [1.29, 1.82) is 0 Å². The van der Waals surface area contributed by atoms with Crippen molar-refractivity contribution in [2.75, 3.05) is 32.7 Å². The van der Waals surface area contributed by atoms with Crippen LogP contribution in [0, 0.1) is 12.3 Å². The number of ether oxygens (including phenoxy) is 2. The van der Waals surface area contributed by atoms with Gasteiger partial charge in [-0.25, -0.2) is 0 Å².